The summed E-state index contributed by atoms with van der Waals surface area (Å²) in [5, 5.41) is 17.2. The van der Waals surface area contributed by atoms with Crippen LogP contribution in [0.3, 0.4) is 0 Å². The van der Waals surface area contributed by atoms with Gasteiger partial charge in [-0.1, -0.05) is 6.92 Å². The predicted octanol–water partition coefficient (Wildman–Crippen LogP) is 0.0239. The van der Waals surface area contributed by atoms with E-state index in [1.54, 1.807) is 26.0 Å². The molecule has 14 nitrogen and oxygen atoms in total. The number of nitrogens with two attached hydrogens (primary N) is 1. The first-order valence-corrected chi connectivity index (χ1v) is 11.1. The number of rotatable bonds is 10. The molecule has 14 heteroatoms. The highest BCUT2D eigenvalue weighted by atomic mass is 16.7. The van der Waals surface area contributed by atoms with E-state index in [1.165, 1.54) is 24.9 Å². The maximum Gasteiger partial charge on any atom is 0.322 e. The molecule has 1 saturated heterocycles. The first-order chi connectivity index (χ1) is 17.2. The zero-order valence-electron chi connectivity index (χ0n) is 20.3. The zero-order valence-corrected chi connectivity index (χ0v) is 20.3. The minimum Gasteiger partial charge on any atom is -0.468 e. The molecule has 194 valence electrons. The van der Waals surface area contributed by atoms with E-state index < -0.39 is 47.9 Å². The molecular formula is C22H28N6O8. The van der Waals surface area contributed by atoms with E-state index in [2.05, 4.69) is 20.1 Å². The number of aromatic nitrogens is 3. The second-order valence-corrected chi connectivity index (χ2v) is 8.02. The van der Waals surface area contributed by atoms with Crippen LogP contribution in [0, 0.1) is 11.3 Å². The van der Waals surface area contributed by atoms with E-state index >= 15 is 0 Å². The summed E-state index contributed by atoms with van der Waals surface area (Å²) in [5.41, 5.74) is 4.92. The van der Waals surface area contributed by atoms with Gasteiger partial charge in [0, 0.05) is 13.3 Å². The lowest BCUT2D eigenvalue weighted by atomic mass is 9.95. The van der Waals surface area contributed by atoms with Crippen LogP contribution in [0.25, 0.3) is 5.52 Å². The monoisotopic (exact) mass is 504 g/mol. The molecule has 0 unspecified atom stereocenters. The number of carbonyl (C=O) groups excluding carboxylic acids is 3. The van der Waals surface area contributed by atoms with Crippen molar-refractivity contribution in [3.05, 3.63) is 24.2 Å². The third-order valence-electron chi connectivity index (χ3n) is 5.60. The van der Waals surface area contributed by atoms with Gasteiger partial charge in [0.15, 0.2) is 18.0 Å². The molecule has 0 radical (unpaired) electrons. The second-order valence-electron chi connectivity index (χ2n) is 8.02. The van der Waals surface area contributed by atoms with Crippen molar-refractivity contribution in [3.63, 3.8) is 0 Å². The summed E-state index contributed by atoms with van der Waals surface area (Å²) in [6.45, 7) is 3.80. The third kappa shape index (κ3) is 5.38. The van der Waals surface area contributed by atoms with Gasteiger partial charge in [0.05, 0.1) is 26.1 Å². The molecule has 3 heterocycles. The minimum atomic E-state index is -1.87. The van der Waals surface area contributed by atoms with Crippen LogP contribution in [-0.2, 0) is 38.1 Å². The fourth-order valence-corrected chi connectivity index (χ4v) is 3.79. The van der Waals surface area contributed by atoms with Gasteiger partial charge in [0.1, 0.15) is 30.1 Å². The number of ether oxygens (including phenoxy) is 5. The Morgan fingerprint density at radius 1 is 1.36 bits per heavy atom. The van der Waals surface area contributed by atoms with E-state index in [0.717, 1.165) is 0 Å². The number of hydrogen-bond acceptors (Lipinski definition) is 13. The molecule has 0 aromatic carbocycles. The summed E-state index contributed by atoms with van der Waals surface area (Å²) in [5.74, 6) is -1.61. The number of nitriles is 1. The van der Waals surface area contributed by atoms with Gasteiger partial charge in [0.2, 0.25) is 5.60 Å². The van der Waals surface area contributed by atoms with Gasteiger partial charge in [0.25, 0.3) is 0 Å². The van der Waals surface area contributed by atoms with Crippen LogP contribution in [0.15, 0.2) is 18.5 Å². The third-order valence-corrected chi connectivity index (χ3v) is 5.60. The average Bonchev–Trinajstić information content (AvgIpc) is 3.41. The van der Waals surface area contributed by atoms with E-state index in [4.69, 9.17) is 24.7 Å². The lowest BCUT2D eigenvalue weighted by Gasteiger charge is -2.28. The molecule has 3 rings (SSSR count). The van der Waals surface area contributed by atoms with Crippen molar-refractivity contribution in [2.75, 3.05) is 26.2 Å². The van der Waals surface area contributed by atoms with Crippen molar-refractivity contribution in [3.8, 4) is 6.07 Å². The molecule has 3 N–H and O–H groups in total. The van der Waals surface area contributed by atoms with E-state index in [1.807, 2.05) is 6.07 Å². The molecule has 0 aliphatic carbocycles. The number of esters is 3. The predicted molar refractivity (Wildman–Crippen MR) is 121 cm³/mol. The highest BCUT2D eigenvalue weighted by Crippen LogP contribution is 2.44. The molecule has 2 aromatic rings. The largest absolute Gasteiger partial charge is 0.468 e. The van der Waals surface area contributed by atoms with Crippen LogP contribution in [-0.4, -0.2) is 76.8 Å². The lowest BCUT2D eigenvalue weighted by Crippen LogP contribution is -2.50. The lowest BCUT2D eigenvalue weighted by molar-refractivity contribution is -0.169. The molecular weight excluding hydrogens is 476 g/mol. The SMILES string of the molecule is CCC(=O)O[C@H]1[C@@H](OC(C)=O)[C@H](c2ccc3c(N)ncnn23)O[C@]1(C#N)COCN[C@@H](C)C(=O)OC. The number of methoxy groups -OCH3 is 1. The van der Waals surface area contributed by atoms with Crippen molar-refractivity contribution in [1.29, 1.82) is 5.26 Å². The second kappa shape index (κ2) is 11.3. The molecule has 0 saturated carbocycles. The summed E-state index contributed by atoms with van der Waals surface area (Å²) in [6.07, 6.45) is -2.38. The molecule has 1 aliphatic rings. The van der Waals surface area contributed by atoms with Gasteiger partial charge < -0.3 is 29.4 Å². The fourth-order valence-electron chi connectivity index (χ4n) is 3.79. The number of carbonyl (C=O) groups is 3. The minimum absolute atomic E-state index is 0.00629. The van der Waals surface area contributed by atoms with Crippen molar-refractivity contribution in [2.24, 2.45) is 0 Å². The standard InChI is InChI=1S/C22H28N6O8/c1-5-16(30)35-19-18(34-13(3)29)17(14-6-7-15-20(24)25-10-27-28(14)15)36-22(19,8-23)9-33-11-26-12(2)21(31)32-4/h6-7,10,12,17-19,26H,5,9,11H2,1-4H3,(H2,24,25,27)/t12-,17-,18-,19-,22+/m0/s1. The quantitative estimate of drug-likeness (QED) is 0.191. The van der Waals surface area contributed by atoms with Gasteiger partial charge in [-0.05, 0) is 19.1 Å². The molecule has 5 atom stereocenters. The maximum atomic E-state index is 12.3. The first kappa shape index (κ1) is 26.8. The average molecular weight is 505 g/mol. The number of nitrogens with zero attached hydrogens (tertiary/aromatic N) is 4. The molecule has 1 fully saturated rings. The van der Waals surface area contributed by atoms with Crippen molar-refractivity contribution < 1.29 is 38.1 Å². The van der Waals surface area contributed by atoms with Crippen LogP contribution >= 0.6 is 0 Å². The Kier molecular flexibility index (Phi) is 8.41. The van der Waals surface area contributed by atoms with Crippen molar-refractivity contribution in [2.45, 2.75) is 57.1 Å². The number of nitrogens with one attached hydrogen (secondary N) is 1. The normalized spacial score (nSPS) is 24.1. The molecule has 0 bridgehead atoms. The number of anilines is 1. The smallest absolute Gasteiger partial charge is 0.322 e. The Hall–Kier alpha value is -3.80. The molecule has 36 heavy (non-hydrogen) atoms. The molecule has 2 aromatic heterocycles. The Morgan fingerprint density at radius 3 is 2.75 bits per heavy atom. The van der Waals surface area contributed by atoms with E-state index in [0.29, 0.717) is 11.2 Å². The van der Waals surface area contributed by atoms with Crippen LogP contribution in [0.4, 0.5) is 5.82 Å². The highest BCUT2D eigenvalue weighted by Gasteiger charge is 2.61. The summed E-state index contributed by atoms with van der Waals surface area (Å²) in [6, 6.07) is 4.63. The van der Waals surface area contributed by atoms with Gasteiger partial charge in [-0.15, -0.1) is 0 Å². The molecule has 1 aliphatic heterocycles. The Labute approximate surface area is 206 Å². The number of fused-ring (bicyclic) bond motifs is 1. The van der Waals surface area contributed by atoms with Gasteiger partial charge in [-0.3, -0.25) is 19.7 Å². The summed E-state index contributed by atoms with van der Waals surface area (Å²) in [7, 11) is 1.25. The maximum absolute atomic E-state index is 12.3. The highest BCUT2D eigenvalue weighted by molar-refractivity contribution is 5.75. The Morgan fingerprint density at radius 2 is 2.11 bits per heavy atom. The number of hydrogen-bond donors (Lipinski definition) is 2. The van der Waals surface area contributed by atoms with Crippen LogP contribution in [0.1, 0.15) is 39.0 Å². The van der Waals surface area contributed by atoms with Crippen molar-refractivity contribution in [1.82, 2.24) is 19.9 Å². The Balaban J connectivity index is 1.96. The van der Waals surface area contributed by atoms with Gasteiger partial charge in [-0.2, -0.15) is 10.4 Å². The number of nitrogen functional groups attached to an aromatic ring is 1. The molecule has 0 amide bonds. The summed E-state index contributed by atoms with van der Waals surface area (Å²) >= 11 is 0. The fraction of sp³-hybridized carbons (Fsp3) is 0.545. The first-order valence-electron chi connectivity index (χ1n) is 11.1. The zero-order chi connectivity index (χ0) is 26.5. The van der Waals surface area contributed by atoms with Crippen LogP contribution in [0.5, 0.6) is 0 Å². The van der Waals surface area contributed by atoms with Crippen LogP contribution in [0.2, 0.25) is 0 Å². The Bertz CT molecular complexity index is 1160. The topological polar surface area (TPSA) is 189 Å². The van der Waals surface area contributed by atoms with Gasteiger partial charge in [-0.25, -0.2) is 9.50 Å². The summed E-state index contributed by atoms with van der Waals surface area (Å²) in [4.78, 5) is 39.9. The van der Waals surface area contributed by atoms with Crippen LogP contribution < -0.4 is 11.1 Å². The van der Waals surface area contributed by atoms with E-state index in [-0.39, 0.29) is 25.6 Å². The van der Waals surface area contributed by atoms with E-state index in [9.17, 15) is 19.6 Å². The summed E-state index contributed by atoms with van der Waals surface area (Å²) < 4.78 is 28.9. The van der Waals surface area contributed by atoms with Crippen molar-refractivity contribution >= 4 is 29.2 Å². The molecule has 0 spiro atoms. The van der Waals surface area contributed by atoms with Gasteiger partial charge >= 0.3 is 17.9 Å².